The third-order valence-corrected chi connectivity index (χ3v) is 6.69. The third-order valence-electron chi connectivity index (χ3n) is 5.62. The van der Waals surface area contributed by atoms with Crippen molar-refractivity contribution in [1.29, 1.82) is 0 Å². The second-order valence-electron chi connectivity index (χ2n) is 7.56. The van der Waals surface area contributed by atoms with Crippen molar-refractivity contribution in [2.75, 3.05) is 0 Å². The number of unbranched alkanes of at least 4 members (excludes halogenated alkanes) is 2. The molecule has 0 nitrogen and oxygen atoms in total. The van der Waals surface area contributed by atoms with Crippen molar-refractivity contribution in [2.24, 2.45) is 11.8 Å². The van der Waals surface area contributed by atoms with Crippen LogP contribution in [0.5, 0.6) is 0 Å². The first-order chi connectivity index (χ1) is 11.2. The fourth-order valence-corrected chi connectivity index (χ4v) is 4.96. The van der Waals surface area contributed by atoms with E-state index >= 15 is 0 Å². The molecule has 0 spiro atoms. The average molecular weight is 379 g/mol. The zero-order chi connectivity index (χ0) is 16.5. The van der Waals surface area contributed by atoms with Gasteiger partial charge in [0.15, 0.2) is 0 Å². The van der Waals surface area contributed by atoms with E-state index in [4.69, 9.17) is 0 Å². The standard InChI is InChI=1S/C22H35Br/c1-3-5-6-8-19-9-11-20(12-10-19)17-22(23)21-15-13-18(7-4-2)14-16-21/h9-12,18,21-22H,3-8,13-17H2,1-2H3/t18-,21-,22?. The molecule has 1 aliphatic carbocycles. The summed E-state index contributed by atoms with van der Waals surface area (Å²) in [6.45, 7) is 4.60. The lowest BCUT2D eigenvalue weighted by atomic mass is 9.78. The Labute approximate surface area is 152 Å². The number of hydrogen-bond acceptors (Lipinski definition) is 0. The smallest absolute Gasteiger partial charge is 0.0214 e. The molecule has 1 aromatic rings. The molecule has 1 heteroatoms. The molecule has 0 radical (unpaired) electrons. The van der Waals surface area contributed by atoms with Crippen molar-refractivity contribution in [1.82, 2.24) is 0 Å². The molecule has 1 aromatic carbocycles. The molecule has 1 saturated carbocycles. The van der Waals surface area contributed by atoms with E-state index in [0.29, 0.717) is 4.83 Å². The predicted octanol–water partition coefficient (Wildman–Crippen LogP) is 7.33. The van der Waals surface area contributed by atoms with E-state index in [1.165, 1.54) is 81.8 Å². The van der Waals surface area contributed by atoms with Crippen LogP contribution in [0.3, 0.4) is 0 Å². The fraction of sp³-hybridized carbons (Fsp3) is 0.727. The lowest BCUT2D eigenvalue weighted by Gasteiger charge is -2.31. The summed E-state index contributed by atoms with van der Waals surface area (Å²) in [6.07, 6.45) is 15.0. The maximum Gasteiger partial charge on any atom is 0.0214 e. The van der Waals surface area contributed by atoms with Crippen LogP contribution in [0.2, 0.25) is 0 Å². The number of halogens is 1. The van der Waals surface area contributed by atoms with Gasteiger partial charge in [0.1, 0.15) is 0 Å². The van der Waals surface area contributed by atoms with Crippen molar-refractivity contribution in [2.45, 2.75) is 89.3 Å². The highest BCUT2D eigenvalue weighted by atomic mass is 79.9. The van der Waals surface area contributed by atoms with Gasteiger partial charge in [0, 0.05) is 4.83 Å². The van der Waals surface area contributed by atoms with Gasteiger partial charge >= 0.3 is 0 Å². The number of hydrogen-bond donors (Lipinski definition) is 0. The van der Waals surface area contributed by atoms with Crippen LogP contribution in [0, 0.1) is 11.8 Å². The Hall–Kier alpha value is -0.300. The van der Waals surface area contributed by atoms with Crippen molar-refractivity contribution >= 4 is 15.9 Å². The molecule has 0 aromatic heterocycles. The molecule has 1 aliphatic rings. The zero-order valence-electron chi connectivity index (χ0n) is 15.2. The number of benzene rings is 1. The Bertz CT molecular complexity index is 414. The normalized spacial score (nSPS) is 22.9. The molecule has 1 fully saturated rings. The Morgan fingerprint density at radius 1 is 0.913 bits per heavy atom. The van der Waals surface area contributed by atoms with Crippen molar-refractivity contribution in [3.8, 4) is 0 Å². The molecule has 0 N–H and O–H groups in total. The highest BCUT2D eigenvalue weighted by molar-refractivity contribution is 9.09. The Morgan fingerprint density at radius 3 is 2.17 bits per heavy atom. The fourth-order valence-electron chi connectivity index (χ4n) is 4.06. The first-order valence-corrected chi connectivity index (χ1v) is 10.9. The molecule has 0 heterocycles. The summed E-state index contributed by atoms with van der Waals surface area (Å²) < 4.78 is 0. The third kappa shape index (κ3) is 6.61. The maximum atomic E-state index is 4.00. The lowest BCUT2D eigenvalue weighted by Crippen LogP contribution is -2.23. The monoisotopic (exact) mass is 378 g/mol. The molecule has 0 bridgehead atoms. The van der Waals surface area contributed by atoms with E-state index in [1.807, 2.05) is 0 Å². The number of rotatable bonds is 9. The van der Waals surface area contributed by atoms with Crippen LogP contribution in [0.4, 0.5) is 0 Å². The van der Waals surface area contributed by atoms with Gasteiger partial charge in [0.2, 0.25) is 0 Å². The van der Waals surface area contributed by atoms with E-state index in [-0.39, 0.29) is 0 Å². The van der Waals surface area contributed by atoms with Crippen molar-refractivity contribution in [3.63, 3.8) is 0 Å². The summed E-state index contributed by atoms with van der Waals surface area (Å²) in [6, 6.07) is 9.42. The Balaban J connectivity index is 1.75. The van der Waals surface area contributed by atoms with E-state index in [2.05, 4.69) is 54.0 Å². The zero-order valence-corrected chi connectivity index (χ0v) is 16.8. The SMILES string of the molecule is CCCCCc1ccc(CC(Br)[C@H]2CC[C@H](CCC)CC2)cc1. The average Bonchev–Trinajstić information content (AvgIpc) is 2.57. The van der Waals surface area contributed by atoms with Crippen LogP contribution >= 0.6 is 15.9 Å². The minimum absolute atomic E-state index is 0.663. The summed E-state index contributed by atoms with van der Waals surface area (Å²) in [7, 11) is 0. The van der Waals surface area contributed by atoms with Gasteiger partial charge in [-0.25, -0.2) is 0 Å². The number of aryl methyl sites for hydroxylation is 1. The van der Waals surface area contributed by atoms with Gasteiger partial charge in [-0.05, 0) is 55.1 Å². The van der Waals surface area contributed by atoms with E-state index < -0.39 is 0 Å². The summed E-state index contributed by atoms with van der Waals surface area (Å²) >= 11 is 4.00. The van der Waals surface area contributed by atoms with Crippen LogP contribution in [-0.2, 0) is 12.8 Å². The first-order valence-electron chi connectivity index (χ1n) is 9.94. The minimum Gasteiger partial charge on any atom is -0.0884 e. The first kappa shape index (κ1) is 19.0. The molecular formula is C22H35Br. The van der Waals surface area contributed by atoms with E-state index in [1.54, 1.807) is 0 Å². The van der Waals surface area contributed by atoms with Crippen LogP contribution in [0.15, 0.2) is 24.3 Å². The molecule has 0 amide bonds. The highest BCUT2D eigenvalue weighted by Crippen LogP contribution is 2.36. The second kappa shape index (κ2) is 10.5. The quantitative estimate of drug-likeness (QED) is 0.311. The molecule has 23 heavy (non-hydrogen) atoms. The van der Waals surface area contributed by atoms with Gasteiger partial charge in [-0.15, -0.1) is 0 Å². The molecule has 1 atom stereocenters. The van der Waals surface area contributed by atoms with Gasteiger partial charge < -0.3 is 0 Å². The molecule has 130 valence electrons. The Kier molecular flexibility index (Phi) is 8.72. The maximum absolute atomic E-state index is 4.00. The summed E-state index contributed by atoms with van der Waals surface area (Å²) in [5.74, 6) is 1.89. The van der Waals surface area contributed by atoms with Crippen LogP contribution in [-0.4, -0.2) is 4.83 Å². The van der Waals surface area contributed by atoms with E-state index in [9.17, 15) is 0 Å². The van der Waals surface area contributed by atoms with Crippen molar-refractivity contribution < 1.29 is 0 Å². The summed E-state index contributed by atoms with van der Waals surface area (Å²) in [5, 5.41) is 0. The van der Waals surface area contributed by atoms with E-state index in [0.717, 1.165) is 11.8 Å². The van der Waals surface area contributed by atoms with Gasteiger partial charge in [0.25, 0.3) is 0 Å². The topological polar surface area (TPSA) is 0 Å². The van der Waals surface area contributed by atoms with Gasteiger partial charge in [-0.1, -0.05) is 92.6 Å². The van der Waals surface area contributed by atoms with Gasteiger partial charge in [-0.2, -0.15) is 0 Å². The highest BCUT2D eigenvalue weighted by Gasteiger charge is 2.25. The molecule has 2 rings (SSSR count). The van der Waals surface area contributed by atoms with Gasteiger partial charge in [0.05, 0.1) is 0 Å². The van der Waals surface area contributed by atoms with Crippen LogP contribution < -0.4 is 0 Å². The predicted molar refractivity (Wildman–Crippen MR) is 106 cm³/mol. The van der Waals surface area contributed by atoms with Crippen LogP contribution in [0.1, 0.15) is 82.8 Å². The largest absolute Gasteiger partial charge is 0.0884 e. The molecule has 1 unspecified atom stereocenters. The summed E-state index contributed by atoms with van der Waals surface area (Å²) in [5.41, 5.74) is 3.01. The van der Waals surface area contributed by atoms with Crippen LogP contribution in [0.25, 0.3) is 0 Å². The second-order valence-corrected chi connectivity index (χ2v) is 8.74. The van der Waals surface area contributed by atoms with Gasteiger partial charge in [-0.3, -0.25) is 0 Å². The number of alkyl halides is 1. The lowest BCUT2D eigenvalue weighted by molar-refractivity contribution is 0.258. The Morgan fingerprint density at radius 2 is 1.57 bits per heavy atom. The molecular weight excluding hydrogens is 344 g/mol. The molecule has 0 aliphatic heterocycles. The van der Waals surface area contributed by atoms with Crippen molar-refractivity contribution in [3.05, 3.63) is 35.4 Å². The summed E-state index contributed by atoms with van der Waals surface area (Å²) in [4.78, 5) is 0.663. The molecule has 0 saturated heterocycles. The minimum atomic E-state index is 0.663.